The van der Waals surface area contributed by atoms with E-state index in [1.54, 1.807) is 11.3 Å². The highest BCUT2D eigenvalue weighted by Gasteiger charge is 2.13. The molecule has 0 bridgehead atoms. The number of carbonyl (C=O) groups excluding carboxylic acids is 1. The maximum Gasteiger partial charge on any atom is 0.252 e. The van der Waals surface area contributed by atoms with Gasteiger partial charge >= 0.3 is 0 Å². The van der Waals surface area contributed by atoms with E-state index in [9.17, 15) is 4.79 Å². The Morgan fingerprint density at radius 1 is 1.39 bits per heavy atom. The Kier molecular flexibility index (Phi) is 6.59. The van der Waals surface area contributed by atoms with Gasteiger partial charge in [0.1, 0.15) is 0 Å². The lowest BCUT2D eigenvalue weighted by molar-refractivity contribution is 0.0940. The maximum atomic E-state index is 11.9. The van der Waals surface area contributed by atoms with Crippen LogP contribution in [-0.2, 0) is 0 Å². The Morgan fingerprint density at radius 3 is 2.44 bits per heavy atom. The lowest BCUT2D eigenvalue weighted by Crippen LogP contribution is -2.42. The fourth-order valence-corrected chi connectivity index (χ4v) is 3.27. The zero-order valence-corrected chi connectivity index (χ0v) is 14.3. The molecular weight excluding hydrogens is 359 g/mol. The molecule has 0 fully saturated rings. The Hall–Kier alpha value is -0.140. The minimum Gasteiger partial charge on any atom is -0.351 e. The Morgan fingerprint density at radius 2 is 2.00 bits per heavy atom. The zero-order valence-electron chi connectivity index (χ0n) is 11.4. The van der Waals surface area contributed by atoms with Crippen LogP contribution in [0.4, 0.5) is 0 Å². The highest BCUT2D eigenvalue weighted by Crippen LogP contribution is 2.16. The molecular formula is C13H21IN2OS. The van der Waals surface area contributed by atoms with Crippen molar-refractivity contribution < 1.29 is 4.79 Å². The molecule has 1 N–H and O–H groups in total. The number of nitrogens with zero attached hydrogens (tertiary/aromatic N) is 1. The Labute approximate surface area is 127 Å². The quantitative estimate of drug-likeness (QED) is 0.769. The summed E-state index contributed by atoms with van der Waals surface area (Å²) < 4.78 is 1.14. The smallest absolute Gasteiger partial charge is 0.252 e. The topological polar surface area (TPSA) is 32.3 Å². The van der Waals surface area contributed by atoms with Crippen LogP contribution in [0.3, 0.4) is 0 Å². The number of halogens is 1. The summed E-state index contributed by atoms with van der Waals surface area (Å²) in [5.74, 6) is 0.0293. The molecule has 0 radical (unpaired) electrons. The van der Waals surface area contributed by atoms with Crippen molar-refractivity contribution in [1.82, 2.24) is 10.2 Å². The van der Waals surface area contributed by atoms with Gasteiger partial charge in [-0.25, -0.2) is 0 Å². The van der Waals surface area contributed by atoms with Gasteiger partial charge in [-0.1, -0.05) is 0 Å². The van der Waals surface area contributed by atoms with Crippen molar-refractivity contribution >= 4 is 39.8 Å². The van der Waals surface area contributed by atoms with Crippen LogP contribution in [-0.4, -0.2) is 36.0 Å². The molecule has 3 nitrogen and oxygen atoms in total. The molecule has 0 aliphatic rings. The molecule has 0 spiro atoms. The number of rotatable bonds is 6. The van der Waals surface area contributed by atoms with Gasteiger partial charge in [0.25, 0.3) is 5.91 Å². The second-order valence-electron chi connectivity index (χ2n) is 4.82. The molecule has 1 heterocycles. The molecule has 1 rings (SSSR count). The van der Waals surface area contributed by atoms with Crippen molar-refractivity contribution in [1.29, 1.82) is 0 Å². The molecule has 5 heteroatoms. The average molecular weight is 380 g/mol. The SMILES string of the molecule is CC(C)N(CCNC(=O)c1csc(I)c1)C(C)C. The predicted molar refractivity (Wildman–Crippen MR) is 86.3 cm³/mol. The van der Waals surface area contributed by atoms with Gasteiger partial charge in [0.15, 0.2) is 0 Å². The summed E-state index contributed by atoms with van der Waals surface area (Å²) >= 11 is 3.83. The summed E-state index contributed by atoms with van der Waals surface area (Å²) in [6.45, 7) is 10.3. The van der Waals surface area contributed by atoms with Gasteiger partial charge in [-0.3, -0.25) is 9.69 Å². The van der Waals surface area contributed by atoms with Gasteiger partial charge in [0.2, 0.25) is 0 Å². The Bertz CT molecular complexity index is 382. The molecule has 0 aliphatic heterocycles. The monoisotopic (exact) mass is 380 g/mol. The van der Waals surface area contributed by atoms with Gasteiger partial charge in [-0.2, -0.15) is 0 Å². The van der Waals surface area contributed by atoms with Gasteiger partial charge in [0, 0.05) is 30.6 Å². The van der Waals surface area contributed by atoms with Crippen molar-refractivity contribution in [3.05, 3.63) is 19.9 Å². The summed E-state index contributed by atoms with van der Waals surface area (Å²) in [5, 5.41) is 4.88. The maximum absolute atomic E-state index is 11.9. The van der Waals surface area contributed by atoms with E-state index in [2.05, 4.69) is 60.5 Å². The molecule has 0 unspecified atom stereocenters. The molecule has 1 amide bonds. The van der Waals surface area contributed by atoms with Gasteiger partial charge in [0.05, 0.1) is 8.45 Å². The fraction of sp³-hybridized carbons (Fsp3) is 0.615. The summed E-state index contributed by atoms with van der Waals surface area (Å²) in [6, 6.07) is 2.93. The summed E-state index contributed by atoms with van der Waals surface area (Å²) in [5.41, 5.74) is 0.769. The van der Waals surface area contributed by atoms with E-state index in [1.165, 1.54) is 0 Å². The van der Waals surface area contributed by atoms with Crippen molar-refractivity contribution in [2.24, 2.45) is 0 Å². The van der Waals surface area contributed by atoms with Crippen molar-refractivity contribution in [3.63, 3.8) is 0 Å². The van der Waals surface area contributed by atoms with Crippen LogP contribution < -0.4 is 5.32 Å². The first-order chi connectivity index (χ1) is 8.41. The molecule has 102 valence electrons. The largest absolute Gasteiger partial charge is 0.351 e. The molecule has 0 aromatic carbocycles. The third-order valence-corrected chi connectivity index (χ3v) is 4.60. The fourth-order valence-electron chi connectivity index (χ4n) is 1.94. The van der Waals surface area contributed by atoms with Crippen LogP contribution in [0.2, 0.25) is 0 Å². The van der Waals surface area contributed by atoms with Gasteiger partial charge < -0.3 is 5.32 Å². The zero-order chi connectivity index (χ0) is 13.7. The molecule has 0 saturated carbocycles. The van der Waals surface area contributed by atoms with Crippen LogP contribution in [0.15, 0.2) is 11.4 Å². The molecule has 0 atom stereocenters. The summed E-state index contributed by atoms with van der Waals surface area (Å²) in [7, 11) is 0. The lowest BCUT2D eigenvalue weighted by Gasteiger charge is -2.30. The predicted octanol–water partition coefficient (Wildman–Crippen LogP) is 3.20. The number of thiophene rings is 1. The minimum absolute atomic E-state index is 0.0293. The summed E-state index contributed by atoms with van der Waals surface area (Å²) in [6.07, 6.45) is 0. The second-order valence-corrected chi connectivity index (χ2v) is 7.63. The normalized spacial score (nSPS) is 11.6. The van der Waals surface area contributed by atoms with Crippen molar-refractivity contribution in [3.8, 4) is 0 Å². The van der Waals surface area contributed by atoms with E-state index < -0.39 is 0 Å². The number of hydrogen-bond donors (Lipinski definition) is 1. The van der Waals surface area contributed by atoms with Crippen molar-refractivity contribution in [2.75, 3.05) is 13.1 Å². The van der Waals surface area contributed by atoms with E-state index in [1.807, 2.05) is 11.4 Å². The van der Waals surface area contributed by atoms with E-state index >= 15 is 0 Å². The number of amides is 1. The first kappa shape index (κ1) is 15.9. The molecule has 18 heavy (non-hydrogen) atoms. The average Bonchev–Trinajstić information content (AvgIpc) is 2.69. The van der Waals surface area contributed by atoms with Crippen LogP contribution in [0, 0.1) is 2.88 Å². The van der Waals surface area contributed by atoms with E-state index in [-0.39, 0.29) is 5.91 Å². The number of nitrogens with one attached hydrogen (secondary N) is 1. The molecule has 0 saturated heterocycles. The third kappa shape index (κ3) is 4.85. The van der Waals surface area contributed by atoms with E-state index in [0.29, 0.717) is 18.6 Å². The van der Waals surface area contributed by atoms with Gasteiger partial charge in [-0.15, -0.1) is 11.3 Å². The first-order valence-electron chi connectivity index (χ1n) is 6.19. The van der Waals surface area contributed by atoms with E-state index in [0.717, 1.165) is 15.0 Å². The molecule has 1 aromatic heterocycles. The van der Waals surface area contributed by atoms with Crippen LogP contribution in [0.1, 0.15) is 38.1 Å². The number of hydrogen-bond acceptors (Lipinski definition) is 3. The van der Waals surface area contributed by atoms with Crippen molar-refractivity contribution in [2.45, 2.75) is 39.8 Å². The Balaban J connectivity index is 2.39. The highest BCUT2D eigenvalue weighted by atomic mass is 127. The highest BCUT2D eigenvalue weighted by molar-refractivity contribution is 14.1. The first-order valence-corrected chi connectivity index (χ1v) is 8.15. The van der Waals surface area contributed by atoms with Crippen LogP contribution in [0.5, 0.6) is 0 Å². The second kappa shape index (κ2) is 7.45. The standard InChI is InChI=1S/C13H21IN2OS/c1-9(2)16(10(3)4)6-5-15-13(17)11-7-12(14)18-8-11/h7-10H,5-6H2,1-4H3,(H,15,17). The molecule has 0 aliphatic carbocycles. The minimum atomic E-state index is 0.0293. The number of carbonyl (C=O) groups is 1. The lowest BCUT2D eigenvalue weighted by atomic mass is 10.2. The molecule has 1 aromatic rings. The van der Waals surface area contributed by atoms with Crippen LogP contribution in [0.25, 0.3) is 0 Å². The summed E-state index contributed by atoms with van der Waals surface area (Å²) in [4.78, 5) is 14.2. The van der Waals surface area contributed by atoms with Gasteiger partial charge in [-0.05, 0) is 56.4 Å². The van der Waals surface area contributed by atoms with E-state index in [4.69, 9.17) is 0 Å². The van der Waals surface area contributed by atoms with Crippen LogP contribution >= 0.6 is 33.9 Å². The third-order valence-electron chi connectivity index (χ3n) is 2.81.